The number of benzene rings is 1. The monoisotopic (exact) mass is 373 g/mol. The number of amides is 1. The Hall–Kier alpha value is -1.60. The zero-order valence-corrected chi connectivity index (χ0v) is 14.6. The summed E-state index contributed by atoms with van der Waals surface area (Å²) in [6.07, 6.45) is -0.629. The minimum atomic E-state index is -0.657. The molecule has 1 unspecified atom stereocenters. The Bertz CT molecular complexity index is 553. The topological polar surface area (TPSA) is 84.9 Å². The van der Waals surface area contributed by atoms with Gasteiger partial charge in [-0.25, -0.2) is 9.59 Å². The average molecular weight is 374 g/mol. The van der Waals surface area contributed by atoms with Gasteiger partial charge in [-0.05, 0) is 38.5 Å². The molecule has 0 radical (unpaired) electrons. The largest absolute Gasteiger partial charge is 0.465 e. The third-order valence-corrected chi connectivity index (χ3v) is 3.36. The fraction of sp³-hybridized carbons (Fsp3) is 0.467. The number of rotatable bonds is 4. The number of halogens is 1. The van der Waals surface area contributed by atoms with Crippen molar-refractivity contribution in [3.63, 3.8) is 0 Å². The maximum atomic E-state index is 11.8. The van der Waals surface area contributed by atoms with E-state index < -0.39 is 23.7 Å². The summed E-state index contributed by atoms with van der Waals surface area (Å²) < 4.78 is 10.4. The van der Waals surface area contributed by atoms with Crippen LogP contribution in [0.1, 0.15) is 42.7 Å². The van der Waals surface area contributed by atoms with Crippen LogP contribution in [0.5, 0.6) is 0 Å². The number of carbonyl (C=O) groups excluding carboxylic acids is 2. The second kappa shape index (κ2) is 7.60. The molecule has 1 aromatic carbocycles. The molecule has 0 fully saturated rings. The number of hydrogen-bond acceptors (Lipinski definition) is 5. The third-order valence-electron chi connectivity index (χ3n) is 2.67. The summed E-state index contributed by atoms with van der Waals surface area (Å²) in [6, 6.07) is 4.11. The SMILES string of the molecule is COC(=O)c1ccc(C(CO)NC(=O)OC(C)(C)C)c(Br)c1. The van der Waals surface area contributed by atoms with Gasteiger partial charge in [0, 0.05) is 4.47 Å². The van der Waals surface area contributed by atoms with E-state index in [-0.39, 0.29) is 6.61 Å². The van der Waals surface area contributed by atoms with Crippen molar-refractivity contribution in [1.29, 1.82) is 0 Å². The van der Waals surface area contributed by atoms with Gasteiger partial charge in [-0.15, -0.1) is 0 Å². The fourth-order valence-electron chi connectivity index (χ4n) is 1.73. The van der Waals surface area contributed by atoms with Crippen LogP contribution in [0.4, 0.5) is 4.79 Å². The lowest BCUT2D eigenvalue weighted by molar-refractivity contribution is 0.0480. The van der Waals surface area contributed by atoms with E-state index in [1.807, 2.05) is 0 Å². The molecule has 7 heteroatoms. The number of alkyl carbamates (subject to hydrolysis) is 1. The highest BCUT2D eigenvalue weighted by molar-refractivity contribution is 9.10. The Balaban J connectivity index is 2.91. The van der Waals surface area contributed by atoms with E-state index in [0.29, 0.717) is 15.6 Å². The highest BCUT2D eigenvalue weighted by Gasteiger charge is 2.22. The molecule has 0 bridgehead atoms. The Morgan fingerprint density at radius 2 is 2.00 bits per heavy atom. The first-order valence-electron chi connectivity index (χ1n) is 6.66. The third kappa shape index (κ3) is 5.31. The number of ether oxygens (including phenoxy) is 2. The smallest absolute Gasteiger partial charge is 0.408 e. The molecular weight excluding hydrogens is 354 g/mol. The molecule has 1 atom stereocenters. The summed E-state index contributed by atoms with van der Waals surface area (Å²) in [7, 11) is 1.30. The lowest BCUT2D eigenvalue weighted by atomic mass is 10.1. The van der Waals surface area contributed by atoms with Gasteiger partial charge in [-0.2, -0.15) is 0 Å². The summed E-state index contributed by atoms with van der Waals surface area (Å²) in [6.45, 7) is 4.94. The van der Waals surface area contributed by atoms with Crippen LogP contribution in [0, 0.1) is 0 Å². The molecule has 22 heavy (non-hydrogen) atoms. The fourth-order valence-corrected chi connectivity index (χ4v) is 2.38. The van der Waals surface area contributed by atoms with Crippen LogP contribution in [-0.4, -0.2) is 36.5 Å². The second-order valence-electron chi connectivity index (χ2n) is 5.61. The van der Waals surface area contributed by atoms with Crippen LogP contribution in [0.15, 0.2) is 22.7 Å². The van der Waals surface area contributed by atoms with Gasteiger partial charge < -0.3 is 19.9 Å². The molecule has 0 aromatic heterocycles. The van der Waals surface area contributed by atoms with Crippen molar-refractivity contribution in [2.45, 2.75) is 32.4 Å². The van der Waals surface area contributed by atoms with E-state index in [4.69, 9.17) is 4.74 Å². The highest BCUT2D eigenvalue weighted by Crippen LogP contribution is 2.25. The van der Waals surface area contributed by atoms with E-state index in [0.717, 1.165) is 0 Å². The van der Waals surface area contributed by atoms with Gasteiger partial charge >= 0.3 is 12.1 Å². The van der Waals surface area contributed by atoms with Gasteiger partial charge in [0.1, 0.15) is 5.60 Å². The van der Waals surface area contributed by atoms with E-state index in [1.54, 1.807) is 39.0 Å². The van der Waals surface area contributed by atoms with Crippen molar-refractivity contribution in [3.05, 3.63) is 33.8 Å². The molecule has 1 amide bonds. The first-order valence-corrected chi connectivity index (χ1v) is 7.45. The quantitative estimate of drug-likeness (QED) is 0.792. The zero-order valence-electron chi connectivity index (χ0n) is 13.0. The number of methoxy groups -OCH3 is 1. The van der Waals surface area contributed by atoms with Crippen molar-refractivity contribution in [1.82, 2.24) is 5.32 Å². The van der Waals surface area contributed by atoms with Gasteiger partial charge in [0.2, 0.25) is 0 Å². The van der Waals surface area contributed by atoms with Gasteiger partial charge in [-0.3, -0.25) is 0 Å². The summed E-state index contributed by atoms with van der Waals surface area (Å²) in [5.74, 6) is -0.465. The summed E-state index contributed by atoms with van der Waals surface area (Å²) >= 11 is 3.33. The van der Waals surface area contributed by atoms with Crippen molar-refractivity contribution < 1.29 is 24.2 Å². The van der Waals surface area contributed by atoms with Crippen LogP contribution in [0.3, 0.4) is 0 Å². The number of hydrogen-bond donors (Lipinski definition) is 2. The van der Waals surface area contributed by atoms with Crippen molar-refractivity contribution in [3.8, 4) is 0 Å². The van der Waals surface area contributed by atoms with E-state index in [9.17, 15) is 14.7 Å². The van der Waals surface area contributed by atoms with Crippen molar-refractivity contribution in [2.75, 3.05) is 13.7 Å². The number of carbonyl (C=O) groups is 2. The molecule has 1 aromatic rings. The number of aliphatic hydroxyl groups is 1. The molecule has 0 spiro atoms. The van der Waals surface area contributed by atoms with Crippen LogP contribution < -0.4 is 5.32 Å². The number of nitrogens with one attached hydrogen (secondary N) is 1. The lowest BCUT2D eigenvalue weighted by Gasteiger charge is -2.23. The van der Waals surface area contributed by atoms with Gasteiger partial charge in [-0.1, -0.05) is 22.0 Å². The summed E-state index contributed by atoms with van der Waals surface area (Å²) in [5, 5.41) is 12.1. The average Bonchev–Trinajstić information content (AvgIpc) is 2.42. The molecule has 0 aliphatic rings. The molecular formula is C15H20BrNO5. The Labute approximate surface area is 137 Å². The predicted octanol–water partition coefficient (Wildman–Crippen LogP) is 2.79. The van der Waals surface area contributed by atoms with Crippen molar-refractivity contribution >= 4 is 28.0 Å². The molecule has 0 aliphatic carbocycles. The molecule has 2 N–H and O–H groups in total. The van der Waals surface area contributed by atoms with E-state index in [1.165, 1.54) is 7.11 Å². The Morgan fingerprint density at radius 3 is 2.45 bits per heavy atom. The summed E-state index contributed by atoms with van der Waals surface area (Å²) in [5.41, 5.74) is 0.365. The second-order valence-corrected chi connectivity index (χ2v) is 6.46. The maximum Gasteiger partial charge on any atom is 0.408 e. The highest BCUT2D eigenvalue weighted by atomic mass is 79.9. The maximum absolute atomic E-state index is 11.8. The van der Waals surface area contributed by atoms with Gasteiger partial charge in [0.25, 0.3) is 0 Å². The number of esters is 1. The standard InChI is InChI=1S/C15H20BrNO5/c1-15(2,3)22-14(20)17-12(8-18)10-6-5-9(7-11(10)16)13(19)21-4/h5-7,12,18H,8H2,1-4H3,(H,17,20). The van der Waals surface area contributed by atoms with Gasteiger partial charge in [0.15, 0.2) is 0 Å². The van der Waals surface area contributed by atoms with Crippen LogP contribution in [-0.2, 0) is 9.47 Å². The molecule has 6 nitrogen and oxygen atoms in total. The van der Waals surface area contributed by atoms with E-state index >= 15 is 0 Å². The first-order chi connectivity index (χ1) is 10.2. The molecule has 0 heterocycles. The lowest BCUT2D eigenvalue weighted by Crippen LogP contribution is -2.36. The minimum absolute atomic E-state index is 0.310. The minimum Gasteiger partial charge on any atom is -0.465 e. The van der Waals surface area contributed by atoms with Crippen LogP contribution >= 0.6 is 15.9 Å². The molecule has 122 valence electrons. The predicted molar refractivity (Wildman–Crippen MR) is 84.7 cm³/mol. The van der Waals surface area contributed by atoms with E-state index in [2.05, 4.69) is 26.0 Å². The van der Waals surface area contributed by atoms with Crippen LogP contribution in [0.2, 0.25) is 0 Å². The Kier molecular flexibility index (Phi) is 6.37. The normalized spacial score (nSPS) is 12.5. The number of aliphatic hydroxyl groups excluding tert-OH is 1. The van der Waals surface area contributed by atoms with Crippen molar-refractivity contribution in [2.24, 2.45) is 0 Å². The molecule has 1 rings (SSSR count). The summed E-state index contributed by atoms with van der Waals surface area (Å²) in [4.78, 5) is 23.3. The Morgan fingerprint density at radius 1 is 1.36 bits per heavy atom. The molecule has 0 saturated heterocycles. The first kappa shape index (κ1) is 18.4. The van der Waals surface area contributed by atoms with Crippen LogP contribution in [0.25, 0.3) is 0 Å². The van der Waals surface area contributed by atoms with Gasteiger partial charge in [0.05, 0.1) is 25.3 Å². The molecule has 0 aliphatic heterocycles. The molecule has 0 saturated carbocycles. The zero-order chi connectivity index (χ0) is 16.9.